The first-order valence-electron chi connectivity index (χ1n) is 7.01. The minimum absolute atomic E-state index is 0.507. The molecule has 0 aromatic heterocycles. The van der Waals surface area contributed by atoms with Gasteiger partial charge in [-0.15, -0.1) is 0 Å². The number of rotatable bonds is 4. The van der Waals surface area contributed by atoms with E-state index in [9.17, 15) is 5.26 Å². The maximum absolute atomic E-state index is 9.43. The van der Waals surface area contributed by atoms with Crippen LogP contribution in [0.1, 0.15) is 36.5 Å². The predicted octanol–water partition coefficient (Wildman–Crippen LogP) is 4.88. The second-order valence-electron chi connectivity index (χ2n) is 5.19. The van der Waals surface area contributed by atoms with Crippen molar-refractivity contribution in [1.29, 1.82) is 5.26 Å². The van der Waals surface area contributed by atoms with Crippen LogP contribution >= 0.6 is 0 Å². The van der Waals surface area contributed by atoms with Gasteiger partial charge in [0.1, 0.15) is 5.75 Å². The quantitative estimate of drug-likeness (QED) is 0.589. The van der Waals surface area contributed by atoms with Crippen molar-refractivity contribution in [3.63, 3.8) is 0 Å². The second-order valence-corrected chi connectivity index (χ2v) is 5.19. The maximum atomic E-state index is 9.43. The molecule has 0 aliphatic heterocycles. The zero-order valence-electron chi connectivity index (χ0n) is 12.6. The van der Waals surface area contributed by atoms with Crippen molar-refractivity contribution in [2.75, 3.05) is 7.11 Å². The molecule has 0 spiro atoms. The molecule has 2 heteroatoms. The highest BCUT2D eigenvalue weighted by molar-refractivity contribution is 5.91. The molecular formula is C19H19NO. The fourth-order valence-corrected chi connectivity index (χ4v) is 2.18. The fraction of sp³-hybridized carbons (Fsp3) is 0.211. The first kappa shape index (κ1) is 14.9. The lowest BCUT2D eigenvalue weighted by Crippen LogP contribution is -1.90. The van der Waals surface area contributed by atoms with Crippen molar-refractivity contribution in [3.05, 3.63) is 65.2 Å². The Hall–Kier alpha value is -2.53. The largest absolute Gasteiger partial charge is 0.496 e. The van der Waals surface area contributed by atoms with E-state index in [0.29, 0.717) is 17.2 Å². The minimum atomic E-state index is 0.507. The van der Waals surface area contributed by atoms with E-state index in [1.54, 1.807) is 7.11 Å². The molecule has 0 saturated heterocycles. The Morgan fingerprint density at radius 3 is 2.33 bits per heavy atom. The van der Waals surface area contributed by atoms with Gasteiger partial charge in [0.15, 0.2) is 0 Å². The third kappa shape index (κ3) is 3.52. The van der Waals surface area contributed by atoms with E-state index in [2.05, 4.69) is 32.0 Å². The summed E-state index contributed by atoms with van der Waals surface area (Å²) < 4.78 is 5.32. The van der Waals surface area contributed by atoms with Crippen LogP contribution < -0.4 is 4.74 Å². The van der Waals surface area contributed by atoms with E-state index < -0.39 is 0 Å². The summed E-state index contributed by atoms with van der Waals surface area (Å²) in [5.41, 5.74) is 3.73. The molecule has 2 nitrogen and oxygen atoms in total. The fourth-order valence-electron chi connectivity index (χ4n) is 2.18. The molecule has 2 rings (SSSR count). The number of methoxy groups -OCH3 is 1. The molecule has 2 aromatic rings. The molecule has 0 bridgehead atoms. The minimum Gasteiger partial charge on any atom is -0.496 e. The Morgan fingerprint density at radius 2 is 1.76 bits per heavy atom. The monoisotopic (exact) mass is 277 g/mol. The lowest BCUT2D eigenvalue weighted by Gasteiger charge is -2.08. The highest BCUT2D eigenvalue weighted by Crippen LogP contribution is 2.27. The van der Waals surface area contributed by atoms with Crippen LogP contribution in [0.3, 0.4) is 0 Å². The Balaban J connectivity index is 2.39. The van der Waals surface area contributed by atoms with Crippen LogP contribution in [-0.4, -0.2) is 7.11 Å². The smallest absolute Gasteiger partial charge is 0.127 e. The van der Waals surface area contributed by atoms with Gasteiger partial charge in [0.25, 0.3) is 0 Å². The van der Waals surface area contributed by atoms with Crippen molar-refractivity contribution in [2.24, 2.45) is 0 Å². The topological polar surface area (TPSA) is 33.0 Å². The lowest BCUT2D eigenvalue weighted by atomic mass is 9.99. The molecule has 0 unspecified atom stereocenters. The number of nitriles is 1. The molecule has 0 aliphatic rings. The van der Waals surface area contributed by atoms with Gasteiger partial charge in [-0.3, -0.25) is 0 Å². The van der Waals surface area contributed by atoms with Crippen molar-refractivity contribution in [1.82, 2.24) is 0 Å². The first-order chi connectivity index (χ1) is 10.2. The summed E-state index contributed by atoms with van der Waals surface area (Å²) in [6.07, 6.45) is 1.89. The first-order valence-corrected chi connectivity index (χ1v) is 7.01. The van der Waals surface area contributed by atoms with Gasteiger partial charge in [-0.2, -0.15) is 5.26 Å². The molecule has 0 aliphatic carbocycles. The van der Waals surface area contributed by atoms with Crippen molar-refractivity contribution < 1.29 is 4.74 Å². The van der Waals surface area contributed by atoms with E-state index in [4.69, 9.17) is 4.74 Å². The van der Waals surface area contributed by atoms with Gasteiger partial charge in [0, 0.05) is 5.56 Å². The molecule has 0 saturated carbocycles. The van der Waals surface area contributed by atoms with Gasteiger partial charge in [0.05, 0.1) is 18.8 Å². The van der Waals surface area contributed by atoms with Crippen molar-refractivity contribution in [3.8, 4) is 11.8 Å². The van der Waals surface area contributed by atoms with E-state index in [1.165, 1.54) is 5.56 Å². The standard InChI is InChI=1S/C19H19NO/c1-14(2)16-10-8-15(9-11-16)12-17(13-20)18-6-4-5-7-19(18)21-3/h4-12,14H,1-3H3. The van der Waals surface area contributed by atoms with Crippen molar-refractivity contribution in [2.45, 2.75) is 19.8 Å². The van der Waals surface area contributed by atoms with Crippen LogP contribution in [0.25, 0.3) is 11.6 Å². The Bertz CT molecular complexity index is 675. The van der Waals surface area contributed by atoms with Gasteiger partial charge >= 0.3 is 0 Å². The predicted molar refractivity (Wildman–Crippen MR) is 87.0 cm³/mol. The third-order valence-electron chi connectivity index (χ3n) is 3.43. The van der Waals surface area contributed by atoms with Crippen molar-refractivity contribution >= 4 is 11.6 Å². The zero-order chi connectivity index (χ0) is 15.2. The van der Waals surface area contributed by atoms with Gasteiger partial charge in [-0.25, -0.2) is 0 Å². The summed E-state index contributed by atoms with van der Waals surface area (Å²) in [4.78, 5) is 0. The van der Waals surface area contributed by atoms with Crippen LogP contribution in [-0.2, 0) is 0 Å². The molecule has 0 atom stereocenters. The summed E-state index contributed by atoms with van der Waals surface area (Å²) in [6.45, 7) is 4.33. The number of allylic oxidation sites excluding steroid dienone is 1. The van der Waals surface area contributed by atoms with E-state index in [-0.39, 0.29) is 0 Å². The van der Waals surface area contributed by atoms with Crippen LogP contribution in [0.5, 0.6) is 5.75 Å². The average molecular weight is 277 g/mol. The zero-order valence-corrected chi connectivity index (χ0v) is 12.6. The molecule has 0 radical (unpaired) electrons. The van der Waals surface area contributed by atoms with Crippen LogP contribution in [0, 0.1) is 11.3 Å². The number of ether oxygens (including phenoxy) is 1. The molecule has 21 heavy (non-hydrogen) atoms. The number of nitrogens with zero attached hydrogens (tertiary/aromatic N) is 1. The Morgan fingerprint density at radius 1 is 1.10 bits per heavy atom. The lowest BCUT2D eigenvalue weighted by molar-refractivity contribution is 0.413. The molecule has 106 valence electrons. The molecule has 0 heterocycles. The summed E-state index contributed by atoms with van der Waals surface area (Å²) in [6, 6.07) is 18.1. The Labute approximate surface area is 126 Å². The van der Waals surface area contributed by atoms with E-state index in [1.807, 2.05) is 42.5 Å². The number of benzene rings is 2. The normalized spacial score (nSPS) is 11.3. The third-order valence-corrected chi connectivity index (χ3v) is 3.43. The average Bonchev–Trinajstić information content (AvgIpc) is 2.53. The van der Waals surface area contributed by atoms with Crippen LogP contribution in [0.4, 0.5) is 0 Å². The van der Waals surface area contributed by atoms with Gasteiger partial charge in [0.2, 0.25) is 0 Å². The molecular weight excluding hydrogens is 258 g/mol. The summed E-state index contributed by atoms with van der Waals surface area (Å²) >= 11 is 0. The molecule has 2 aromatic carbocycles. The number of hydrogen-bond donors (Lipinski definition) is 0. The van der Waals surface area contributed by atoms with Crippen LogP contribution in [0.15, 0.2) is 48.5 Å². The molecule has 0 fully saturated rings. The number of hydrogen-bond acceptors (Lipinski definition) is 2. The maximum Gasteiger partial charge on any atom is 0.127 e. The van der Waals surface area contributed by atoms with E-state index in [0.717, 1.165) is 11.1 Å². The van der Waals surface area contributed by atoms with E-state index >= 15 is 0 Å². The summed E-state index contributed by atoms with van der Waals surface area (Å²) in [7, 11) is 1.62. The summed E-state index contributed by atoms with van der Waals surface area (Å²) in [5.74, 6) is 1.22. The van der Waals surface area contributed by atoms with Gasteiger partial charge in [-0.1, -0.05) is 50.2 Å². The Kier molecular flexibility index (Phi) is 4.79. The molecule has 0 amide bonds. The van der Waals surface area contributed by atoms with Crippen LogP contribution in [0.2, 0.25) is 0 Å². The molecule has 0 N–H and O–H groups in total. The highest BCUT2D eigenvalue weighted by Gasteiger charge is 2.07. The van der Waals surface area contributed by atoms with Gasteiger partial charge < -0.3 is 4.74 Å². The SMILES string of the molecule is COc1ccccc1C(C#N)=Cc1ccc(C(C)C)cc1. The van der Waals surface area contributed by atoms with Gasteiger partial charge in [-0.05, 0) is 35.3 Å². The second kappa shape index (κ2) is 6.76. The number of para-hydroxylation sites is 1. The summed E-state index contributed by atoms with van der Waals surface area (Å²) in [5, 5.41) is 9.43. The highest BCUT2D eigenvalue weighted by atomic mass is 16.5.